The smallest absolute Gasteiger partial charge is 0.178 e. The highest BCUT2D eigenvalue weighted by Gasteiger charge is 2.10. The van der Waals surface area contributed by atoms with Crippen LogP contribution in [0.25, 0.3) is 0 Å². The van der Waals surface area contributed by atoms with Crippen molar-refractivity contribution in [1.29, 1.82) is 0 Å². The quantitative estimate of drug-likeness (QED) is 0.688. The van der Waals surface area contributed by atoms with Gasteiger partial charge in [0, 0.05) is 12.2 Å². The highest BCUT2D eigenvalue weighted by Crippen LogP contribution is 2.14. The van der Waals surface area contributed by atoms with Crippen molar-refractivity contribution in [2.24, 2.45) is 0 Å². The Kier molecular flexibility index (Phi) is 6.11. The van der Waals surface area contributed by atoms with Crippen LogP contribution in [-0.4, -0.2) is 45.6 Å². The Bertz CT molecular complexity index is 442. The van der Waals surface area contributed by atoms with Crippen molar-refractivity contribution in [1.82, 2.24) is 0 Å². The van der Waals surface area contributed by atoms with E-state index < -0.39 is 9.84 Å². The van der Waals surface area contributed by atoms with E-state index in [4.69, 9.17) is 9.84 Å². The number of aliphatic hydroxyl groups excluding tert-OH is 1. The summed E-state index contributed by atoms with van der Waals surface area (Å²) in [4.78, 5) is 0.340. The predicted octanol–water partition coefficient (Wildman–Crippen LogP) is 0.901. The summed E-state index contributed by atoms with van der Waals surface area (Å²) in [7, 11) is -3.13. The molecule has 0 fully saturated rings. The second-order valence-corrected chi connectivity index (χ2v) is 5.97. The first-order valence-corrected chi connectivity index (χ1v) is 7.50. The summed E-state index contributed by atoms with van der Waals surface area (Å²) in [6.45, 7) is 3.08. The molecule has 0 aliphatic rings. The molecule has 1 aromatic rings. The van der Waals surface area contributed by atoms with Gasteiger partial charge < -0.3 is 15.2 Å². The molecule has 0 heterocycles. The molecule has 1 aromatic carbocycles. The Morgan fingerprint density at radius 2 is 1.89 bits per heavy atom. The first kappa shape index (κ1) is 14.9. The van der Waals surface area contributed by atoms with Gasteiger partial charge in [0.1, 0.15) is 0 Å². The third-order valence-electron chi connectivity index (χ3n) is 2.40. The third-order valence-corrected chi connectivity index (χ3v) is 4.16. The minimum Gasteiger partial charge on any atom is -0.394 e. The zero-order valence-electron chi connectivity index (χ0n) is 10.4. The standard InChI is InChI=1S/C12H19NO4S/c1-2-18(15,16)12-5-3-11(4-6-12)13-7-9-17-10-8-14/h3-6,13-14H,2,7-10H2,1H3. The molecular weight excluding hydrogens is 254 g/mol. The molecule has 0 saturated heterocycles. The summed E-state index contributed by atoms with van der Waals surface area (Å²) in [6.07, 6.45) is 0. The number of sulfone groups is 1. The van der Waals surface area contributed by atoms with E-state index >= 15 is 0 Å². The summed E-state index contributed by atoms with van der Waals surface area (Å²) in [6, 6.07) is 6.65. The fourth-order valence-corrected chi connectivity index (χ4v) is 2.27. The van der Waals surface area contributed by atoms with Crippen molar-refractivity contribution >= 4 is 15.5 Å². The van der Waals surface area contributed by atoms with Crippen molar-refractivity contribution in [3.05, 3.63) is 24.3 Å². The summed E-state index contributed by atoms with van der Waals surface area (Å²) in [5.41, 5.74) is 0.845. The molecule has 0 unspecified atom stereocenters. The number of ether oxygens (including phenoxy) is 1. The zero-order valence-corrected chi connectivity index (χ0v) is 11.2. The lowest BCUT2D eigenvalue weighted by Crippen LogP contribution is -2.11. The van der Waals surface area contributed by atoms with Crippen LogP contribution >= 0.6 is 0 Å². The maximum absolute atomic E-state index is 11.6. The van der Waals surface area contributed by atoms with E-state index in [-0.39, 0.29) is 12.4 Å². The molecule has 0 aromatic heterocycles. The zero-order chi connectivity index (χ0) is 13.4. The Balaban J connectivity index is 2.46. The number of hydrogen-bond acceptors (Lipinski definition) is 5. The van der Waals surface area contributed by atoms with E-state index in [0.717, 1.165) is 5.69 Å². The average Bonchev–Trinajstić information content (AvgIpc) is 2.39. The largest absolute Gasteiger partial charge is 0.394 e. The van der Waals surface area contributed by atoms with Crippen molar-refractivity contribution in [3.8, 4) is 0 Å². The van der Waals surface area contributed by atoms with Gasteiger partial charge >= 0.3 is 0 Å². The Hall–Kier alpha value is -1.11. The van der Waals surface area contributed by atoms with E-state index in [1.807, 2.05) is 0 Å². The molecule has 0 aliphatic carbocycles. The van der Waals surface area contributed by atoms with Crippen LogP contribution in [0.4, 0.5) is 5.69 Å². The SMILES string of the molecule is CCS(=O)(=O)c1ccc(NCCOCCO)cc1. The minimum absolute atomic E-state index is 0.0174. The molecule has 1 rings (SSSR count). The van der Waals surface area contributed by atoms with Crippen LogP contribution in [-0.2, 0) is 14.6 Å². The lowest BCUT2D eigenvalue weighted by Gasteiger charge is -2.07. The molecular formula is C12H19NO4S. The van der Waals surface area contributed by atoms with Crippen LogP contribution in [0.5, 0.6) is 0 Å². The number of rotatable bonds is 8. The number of nitrogens with one attached hydrogen (secondary N) is 1. The summed E-state index contributed by atoms with van der Waals surface area (Å²) in [5, 5.41) is 11.6. The van der Waals surface area contributed by atoms with Gasteiger partial charge in [0.15, 0.2) is 9.84 Å². The van der Waals surface area contributed by atoms with E-state index in [9.17, 15) is 8.42 Å². The van der Waals surface area contributed by atoms with E-state index in [2.05, 4.69) is 5.32 Å². The molecule has 6 heteroatoms. The summed E-state index contributed by atoms with van der Waals surface area (Å²) < 4.78 is 28.3. The van der Waals surface area contributed by atoms with Gasteiger partial charge in [-0.15, -0.1) is 0 Å². The van der Waals surface area contributed by atoms with Crippen LogP contribution in [0.3, 0.4) is 0 Å². The second-order valence-electron chi connectivity index (χ2n) is 3.69. The number of anilines is 1. The molecule has 0 radical (unpaired) electrons. The second kappa shape index (κ2) is 7.35. The Labute approximate surface area is 108 Å². The number of aliphatic hydroxyl groups is 1. The van der Waals surface area contributed by atoms with E-state index in [1.54, 1.807) is 31.2 Å². The van der Waals surface area contributed by atoms with Crippen LogP contribution in [0.15, 0.2) is 29.2 Å². The highest BCUT2D eigenvalue weighted by molar-refractivity contribution is 7.91. The lowest BCUT2D eigenvalue weighted by molar-refractivity contribution is 0.0992. The van der Waals surface area contributed by atoms with E-state index in [1.165, 1.54) is 0 Å². The van der Waals surface area contributed by atoms with Crippen LogP contribution in [0.1, 0.15) is 6.92 Å². The van der Waals surface area contributed by atoms with Gasteiger partial charge in [-0.3, -0.25) is 0 Å². The Morgan fingerprint density at radius 1 is 1.22 bits per heavy atom. The first-order valence-electron chi connectivity index (χ1n) is 5.85. The van der Waals surface area contributed by atoms with Gasteiger partial charge in [0.05, 0.1) is 30.5 Å². The molecule has 0 amide bonds. The van der Waals surface area contributed by atoms with Crippen LogP contribution in [0, 0.1) is 0 Å². The molecule has 0 bridgehead atoms. The topological polar surface area (TPSA) is 75.6 Å². The van der Waals surface area contributed by atoms with E-state index in [0.29, 0.717) is 24.7 Å². The highest BCUT2D eigenvalue weighted by atomic mass is 32.2. The first-order chi connectivity index (χ1) is 8.60. The molecule has 0 aliphatic heterocycles. The van der Waals surface area contributed by atoms with Crippen molar-refractivity contribution in [2.75, 3.05) is 37.4 Å². The molecule has 2 N–H and O–H groups in total. The Morgan fingerprint density at radius 3 is 2.44 bits per heavy atom. The monoisotopic (exact) mass is 273 g/mol. The molecule has 0 atom stereocenters. The maximum atomic E-state index is 11.6. The fraction of sp³-hybridized carbons (Fsp3) is 0.500. The third kappa shape index (κ3) is 4.64. The van der Waals surface area contributed by atoms with Crippen LogP contribution < -0.4 is 5.32 Å². The van der Waals surface area contributed by atoms with Gasteiger partial charge in [-0.2, -0.15) is 0 Å². The van der Waals surface area contributed by atoms with Crippen molar-refractivity contribution in [2.45, 2.75) is 11.8 Å². The lowest BCUT2D eigenvalue weighted by atomic mass is 10.3. The predicted molar refractivity (Wildman–Crippen MR) is 70.6 cm³/mol. The summed E-state index contributed by atoms with van der Waals surface area (Å²) in [5.74, 6) is 0.106. The van der Waals surface area contributed by atoms with Gasteiger partial charge in [-0.05, 0) is 24.3 Å². The number of benzene rings is 1. The van der Waals surface area contributed by atoms with Crippen molar-refractivity contribution < 1.29 is 18.3 Å². The summed E-state index contributed by atoms with van der Waals surface area (Å²) >= 11 is 0. The van der Waals surface area contributed by atoms with Crippen LogP contribution in [0.2, 0.25) is 0 Å². The molecule has 0 spiro atoms. The fourth-order valence-electron chi connectivity index (χ4n) is 1.38. The number of hydrogen-bond donors (Lipinski definition) is 2. The molecule has 0 saturated carbocycles. The maximum Gasteiger partial charge on any atom is 0.178 e. The molecule has 18 heavy (non-hydrogen) atoms. The van der Waals surface area contributed by atoms with Gasteiger partial charge in [-0.1, -0.05) is 6.92 Å². The minimum atomic E-state index is -3.13. The molecule has 5 nitrogen and oxygen atoms in total. The van der Waals surface area contributed by atoms with Gasteiger partial charge in [0.2, 0.25) is 0 Å². The molecule has 102 valence electrons. The average molecular weight is 273 g/mol. The van der Waals surface area contributed by atoms with Gasteiger partial charge in [0.25, 0.3) is 0 Å². The van der Waals surface area contributed by atoms with Gasteiger partial charge in [-0.25, -0.2) is 8.42 Å². The van der Waals surface area contributed by atoms with Crippen molar-refractivity contribution in [3.63, 3.8) is 0 Å². The normalized spacial score (nSPS) is 11.4.